The molecule has 1 aromatic heterocycles. The standard InChI is InChI=1S/C13H15N3O2/c1-3-15-11(10-8-6-5-7-9-10)14-12(17)16(4-2)13(15)18/h5-9H,3-4H2,1-2H3. The Kier molecular flexibility index (Phi) is 3.41. The SMILES string of the molecule is CCn1c(-c2ccccc2)nc(=O)n(CC)c1=O. The fraction of sp³-hybridized carbons (Fsp3) is 0.308. The van der Waals surface area contributed by atoms with Crippen LogP contribution in [-0.2, 0) is 13.1 Å². The second-order valence-electron chi connectivity index (χ2n) is 3.86. The number of hydrogen-bond acceptors (Lipinski definition) is 3. The predicted molar refractivity (Wildman–Crippen MR) is 69.5 cm³/mol. The second-order valence-corrected chi connectivity index (χ2v) is 3.86. The van der Waals surface area contributed by atoms with Crippen molar-refractivity contribution in [3.05, 3.63) is 51.3 Å². The Morgan fingerprint density at radius 1 is 1.00 bits per heavy atom. The average Bonchev–Trinajstić information content (AvgIpc) is 2.39. The molecular formula is C13H15N3O2. The predicted octanol–water partition coefficient (Wildman–Crippen LogP) is 1.11. The first-order chi connectivity index (χ1) is 8.69. The van der Waals surface area contributed by atoms with Crippen LogP contribution in [-0.4, -0.2) is 14.1 Å². The number of hydrogen-bond donors (Lipinski definition) is 0. The van der Waals surface area contributed by atoms with Crippen LogP contribution in [0.5, 0.6) is 0 Å². The van der Waals surface area contributed by atoms with Gasteiger partial charge in [0, 0.05) is 18.7 Å². The lowest BCUT2D eigenvalue weighted by molar-refractivity contribution is 0.565. The molecule has 0 amide bonds. The van der Waals surface area contributed by atoms with Gasteiger partial charge in [0.1, 0.15) is 5.82 Å². The third kappa shape index (κ3) is 1.99. The Labute approximate surface area is 104 Å². The van der Waals surface area contributed by atoms with Gasteiger partial charge in [0.15, 0.2) is 0 Å². The molecule has 1 aromatic carbocycles. The van der Waals surface area contributed by atoms with Crippen LogP contribution >= 0.6 is 0 Å². The van der Waals surface area contributed by atoms with Gasteiger partial charge in [-0.3, -0.25) is 4.57 Å². The van der Waals surface area contributed by atoms with Crippen LogP contribution in [0.1, 0.15) is 13.8 Å². The summed E-state index contributed by atoms with van der Waals surface area (Å²) in [5.74, 6) is 0.429. The lowest BCUT2D eigenvalue weighted by Crippen LogP contribution is -2.41. The number of rotatable bonds is 3. The van der Waals surface area contributed by atoms with Gasteiger partial charge in [-0.05, 0) is 13.8 Å². The Balaban J connectivity index is 2.77. The van der Waals surface area contributed by atoms with E-state index in [0.717, 1.165) is 10.1 Å². The summed E-state index contributed by atoms with van der Waals surface area (Å²) in [5.41, 5.74) is -0.0262. The molecule has 0 aliphatic carbocycles. The van der Waals surface area contributed by atoms with Gasteiger partial charge in [0.05, 0.1) is 0 Å². The highest BCUT2D eigenvalue weighted by molar-refractivity contribution is 5.54. The van der Waals surface area contributed by atoms with Crippen LogP contribution in [0.2, 0.25) is 0 Å². The van der Waals surface area contributed by atoms with E-state index in [0.29, 0.717) is 18.9 Å². The molecular weight excluding hydrogens is 230 g/mol. The molecule has 0 unspecified atom stereocenters. The molecule has 0 spiro atoms. The van der Waals surface area contributed by atoms with Crippen LogP contribution in [0.25, 0.3) is 11.4 Å². The van der Waals surface area contributed by atoms with Crippen molar-refractivity contribution in [1.29, 1.82) is 0 Å². The minimum Gasteiger partial charge on any atom is -0.278 e. The van der Waals surface area contributed by atoms with Gasteiger partial charge < -0.3 is 0 Å². The molecule has 0 atom stereocenters. The minimum absolute atomic E-state index is 0.307. The molecule has 18 heavy (non-hydrogen) atoms. The van der Waals surface area contributed by atoms with Crippen molar-refractivity contribution in [3.63, 3.8) is 0 Å². The molecule has 2 aromatic rings. The molecule has 0 aliphatic rings. The topological polar surface area (TPSA) is 56.9 Å². The summed E-state index contributed by atoms with van der Waals surface area (Å²) in [5, 5.41) is 0. The monoisotopic (exact) mass is 245 g/mol. The highest BCUT2D eigenvalue weighted by Crippen LogP contribution is 2.13. The van der Waals surface area contributed by atoms with E-state index >= 15 is 0 Å². The van der Waals surface area contributed by atoms with Gasteiger partial charge >= 0.3 is 11.4 Å². The molecule has 0 saturated heterocycles. The third-order valence-corrected chi connectivity index (χ3v) is 2.81. The minimum atomic E-state index is -0.494. The summed E-state index contributed by atoms with van der Waals surface area (Å²) < 4.78 is 2.65. The smallest absolute Gasteiger partial charge is 0.278 e. The summed E-state index contributed by atoms with van der Waals surface area (Å²) in [6, 6.07) is 9.26. The Hall–Kier alpha value is -2.17. The third-order valence-electron chi connectivity index (χ3n) is 2.81. The molecule has 0 fully saturated rings. The van der Waals surface area contributed by atoms with Gasteiger partial charge in [-0.1, -0.05) is 30.3 Å². The Bertz CT molecular complexity index is 656. The van der Waals surface area contributed by atoms with Gasteiger partial charge in [0.25, 0.3) is 0 Å². The van der Waals surface area contributed by atoms with E-state index < -0.39 is 5.69 Å². The number of benzene rings is 1. The van der Waals surface area contributed by atoms with E-state index in [1.54, 1.807) is 6.92 Å². The number of nitrogens with zero attached hydrogens (tertiary/aromatic N) is 3. The fourth-order valence-electron chi connectivity index (χ4n) is 1.89. The van der Waals surface area contributed by atoms with Crippen molar-refractivity contribution < 1.29 is 0 Å². The van der Waals surface area contributed by atoms with Crippen LogP contribution < -0.4 is 11.4 Å². The summed E-state index contributed by atoms with van der Waals surface area (Å²) in [6.45, 7) is 4.43. The average molecular weight is 245 g/mol. The van der Waals surface area contributed by atoms with Crippen molar-refractivity contribution in [3.8, 4) is 11.4 Å². The normalized spacial score (nSPS) is 10.6. The summed E-state index contributed by atoms with van der Waals surface area (Å²) in [7, 11) is 0. The van der Waals surface area contributed by atoms with Crippen molar-refractivity contribution >= 4 is 0 Å². The number of aromatic nitrogens is 3. The zero-order valence-electron chi connectivity index (χ0n) is 10.5. The highest BCUT2D eigenvalue weighted by atomic mass is 16.2. The quantitative estimate of drug-likeness (QED) is 0.814. The van der Waals surface area contributed by atoms with E-state index in [1.807, 2.05) is 37.3 Å². The van der Waals surface area contributed by atoms with Gasteiger partial charge in [-0.2, -0.15) is 4.98 Å². The summed E-state index contributed by atoms with van der Waals surface area (Å²) in [6.07, 6.45) is 0. The van der Waals surface area contributed by atoms with E-state index in [9.17, 15) is 9.59 Å². The maximum absolute atomic E-state index is 12.1. The summed E-state index contributed by atoms with van der Waals surface area (Å²) in [4.78, 5) is 27.9. The van der Waals surface area contributed by atoms with E-state index in [4.69, 9.17) is 0 Å². The molecule has 94 valence electrons. The van der Waals surface area contributed by atoms with E-state index in [2.05, 4.69) is 4.98 Å². The Morgan fingerprint density at radius 2 is 1.61 bits per heavy atom. The van der Waals surface area contributed by atoms with Crippen molar-refractivity contribution in [2.45, 2.75) is 26.9 Å². The Morgan fingerprint density at radius 3 is 2.17 bits per heavy atom. The molecule has 0 saturated carbocycles. The molecule has 2 rings (SSSR count). The summed E-state index contributed by atoms with van der Waals surface area (Å²) >= 11 is 0. The molecule has 5 nitrogen and oxygen atoms in total. The van der Waals surface area contributed by atoms with Crippen LogP contribution in [0.3, 0.4) is 0 Å². The van der Waals surface area contributed by atoms with Crippen molar-refractivity contribution in [2.24, 2.45) is 0 Å². The molecule has 0 aliphatic heterocycles. The van der Waals surface area contributed by atoms with Crippen molar-refractivity contribution in [1.82, 2.24) is 14.1 Å². The second kappa shape index (κ2) is 5.00. The zero-order chi connectivity index (χ0) is 13.1. The molecule has 0 N–H and O–H groups in total. The first-order valence-electron chi connectivity index (χ1n) is 5.96. The lowest BCUT2D eigenvalue weighted by Gasteiger charge is -2.11. The van der Waals surface area contributed by atoms with E-state index in [-0.39, 0.29) is 5.69 Å². The van der Waals surface area contributed by atoms with Gasteiger partial charge in [-0.15, -0.1) is 0 Å². The first-order valence-corrected chi connectivity index (χ1v) is 5.96. The lowest BCUT2D eigenvalue weighted by atomic mass is 10.2. The highest BCUT2D eigenvalue weighted by Gasteiger charge is 2.11. The fourth-order valence-corrected chi connectivity index (χ4v) is 1.89. The van der Waals surface area contributed by atoms with E-state index in [1.165, 1.54) is 4.57 Å². The van der Waals surface area contributed by atoms with Crippen LogP contribution in [0.4, 0.5) is 0 Å². The largest absolute Gasteiger partial charge is 0.353 e. The molecule has 5 heteroatoms. The molecule has 0 radical (unpaired) electrons. The van der Waals surface area contributed by atoms with Crippen molar-refractivity contribution in [2.75, 3.05) is 0 Å². The van der Waals surface area contributed by atoms with Gasteiger partial charge in [-0.25, -0.2) is 14.2 Å². The van der Waals surface area contributed by atoms with Crippen LogP contribution in [0, 0.1) is 0 Å². The maximum atomic E-state index is 12.1. The first kappa shape index (κ1) is 12.3. The molecule has 0 bridgehead atoms. The van der Waals surface area contributed by atoms with Crippen LogP contribution in [0.15, 0.2) is 39.9 Å². The maximum Gasteiger partial charge on any atom is 0.353 e. The van der Waals surface area contributed by atoms with Gasteiger partial charge in [0.2, 0.25) is 0 Å². The molecule has 1 heterocycles. The zero-order valence-corrected chi connectivity index (χ0v) is 10.5.